The first-order valence-electron chi connectivity index (χ1n) is 6.64. The maximum absolute atomic E-state index is 12.2. The molecule has 1 aromatic heterocycles. The van der Waals surface area contributed by atoms with E-state index < -0.39 is 12.1 Å². The number of hydrogen-bond acceptors (Lipinski definition) is 4. The molecular formula is C14H19ClN2O3. The van der Waals surface area contributed by atoms with E-state index in [-0.39, 0.29) is 16.3 Å². The molecule has 1 aliphatic heterocycles. The zero-order valence-electron chi connectivity index (χ0n) is 12.1. The quantitative estimate of drug-likeness (QED) is 0.931. The number of aliphatic hydroxyl groups is 1. The number of nitrogens with zero attached hydrogens (tertiary/aromatic N) is 2. The van der Waals surface area contributed by atoms with E-state index in [4.69, 9.17) is 16.1 Å². The molecule has 1 aliphatic rings. The molecule has 2 rings (SSSR count). The van der Waals surface area contributed by atoms with E-state index in [1.54, 1.807) is 6.07 Å². The highest BCUT2D eigenvalue weighted by Crippen LogP contribution is 2.35. The number of hydrogen-bond donors (Lipinski definition) is 1. The molecule has 1 atom stereocenters. The standard InChI is InChI=1S/C14H19ClN2O3/c1-5-6-8-11(15)13(19)17(12(8)18)10-7-9(20-16-10)14(2,3)4/h7,12,18H,5-6H2,1-4H3. The van der Waals surface area contributed by atoms with E-state index in [9.17, 15) is 9.90 Å². The Hall–Kier alpha value is -1.33. The van der Waals surface area contributed by atoms with Crippen molar-refractivity contribution in [1.29, 1.82) is 0 Å². The Labute approximate surface area is 123 Å². The maximum atomic E-state index is 12.2. The van der Waals surface area contributed by atoms with Crippen molar-refractivity contribution >= 4 is 23.3 Å². The number of carbonyl (C=O) groups is 1. The van der Waals surface area contributed by atoms with Gasteiger partial charge in [0.25, 0.3) is 5.91 Å². The van der Waals surface area contributed by atoms with Gasteiger partial charge in [-0.15, -0.1) is 0 Å². The Morgan fingerprint density at radius 1 is 1.50 bits per heavy atom. The SMILES string of the molecule is CCCC1=C(Cl)C(=O)N(c2cc(C(C)(C)C)on2)C1O. The largest absolute Gasteiger partial charge is 0.369 e. The van der Waals surface area contributed by atoms with Crippen LogP contribution < -0.4 is 4.90 Å². The number of rotatable bonds is 3. The molecule has 0 saturated carbocycles. The molecule has 5 nitrogen and oxygen atoms in total. The van der Waals surface area contributed by atoms with Crippen LogP contribution in [0.3, 0.4) is 0 Å². The molecule has 110 valence electrons. The molecule has 2 heterocycles. The van der Waals surface area contributed by atoms with Gasteiger partial charge in [0, 0.05) is 17.1 Å². The Bertz CT molecular complexity index is 557. The van der Waals surface area contributed by atoms with E-state index in [1.165, 1.54) is 4.90 Å². The molecule has 20 heavy (non-hydrogen) atoms. The van der Waals surface area contributed by atoms with Gasteiger partial charge in [0.15, 0.2) is 12.0 Å². The van der Waals surface area contributed by atoms with Crippen LogP contribution >= 0.6 is 11.6 Å². The van der Waals surface area contributed by atoms with Gasteiger partial charge in [-0.25, -0.2) is 0 Å². The van der Waals surface area contributed by atoms with Crippen LogP contribution in [-0.4, -0.2) is 22.4 Å². The highest BCUT2D eigenvalue weighted by Gasteiger charge is 2.39. The number of amides is 1. The van der Waals surface area contributed by atoms with Crippen LogP contribution in [0.5, 0.6) is 0 Å². The van der Waals surface area contributed by atoms with Crippen molar-refractivity contribution in [2.24, 2.45) is 0 Å². The van der Waals surface area contributed by atoms with E-state index in [0.29, 0.717) is 17.8 Å². The zero-order valence-corrected chi connectivity index (χ0v) is 12.9. The number of halogens is 1. The van der Waals surface area contributed by atoms with Crippen molar-refractivity contribution in [3.05, 3.63) is 22.4 Å². The molecule has 0 bridgehead atoms. The third kappa shape index (κ3) is 2.47. The fourth-order valence-electron chi connectivity index (χ4n) is 2.09. The number of aromatic nitrogens is 1. The molecule has 0 aromatic carbocycles. The first kappa shape index (κ1) is 15.1. The maximum Gasteiger partial charge on any atom is 0.273 e. The van der Waals surface area contributed by atoms with Crippen molar-refractivity contribution < 1.29 is 14.4 Å². The van der Waals surface area contributed by atoms with Crippen LogP contribution in [0.4, 0.5) is 5.82 Å². The summed E-state index contributed by atoms with van der Waals surface area (Å²) in [6, 6.07) is 1.67. The Morgan fingerprint density at radius 3 is 2.65 bits per heavy atom. The molecule has 1 aromatic rings. The van der Waals surface area contributed by atoms with Gasteiger partial charge < -0.3 is 9.63 Å². The van der Waals surface area contributed by atoms with Gasteiger partial charge in [0.2, 0.25) is 0 Å². The van der Waals surface area contributed by atoms with E-state index >= 15 is 0 Å². The van der Waals surface area contributed by atoms with Crippen LogP contribution in [-0.2, 0) is 10.2 Å². The average molecular weight is 299 g/mol. The average Bonchev–Trinajstić information content (AvgIpc) is 2.90. The van der Waals surface area contributed by atoms with Gasteiger partial charge in [-0.05, 0) is 6.42 Å². The van der Waals surface area contributed by atoms with Crippen LogP contribution in [0.2, 0.25) is 0 Å². The second-order valence-electron chi connectivity index (χ2n) is 5.94. The van der Waals surface area contributed by atoms with Crippen LogP contribution in [0.25, 0.3) is 0 Å². The second-order valence-corrected chi connectivity index (χ2v) is 6.32. The summed E-state index contributed by atoms with van der Waals surface area (Å²) in [4.78, 5) is 13.3. The van der Waals surface area contributed by atoms with Gasteiger partial charge in [0.1, 0.15) is 10.8 Å². The summed E-state index contributed by atoms with van der Waals surface area (Å²) in [7, 11) is 0. The fourth-order valence-corrected chi connectivity index (χ4v) is 2.38. The molecule has 0 saturated heterocycles. The molecule has 1 unspecified atom stereocenters. The molecule has 1 N–H and O–H groups in total. The summed E-state index contributed by atoms with van der Waals surface area (Å²) in [5.74, 6) is 0.501. The zero-order chi connectivity index (χ0) is 15.1. The number of carbonyl (C=O) groups excluding carboxylic acids is 1. The summed E-state index contributed by atoms with van der Waals surface area (Å²) in [5.41, 5.74) is 0.321. The third-order valence-corrected chi connectivity index (χ3v) is 3.65. The van der Waals surface area contributed by atoms with Crippen LogP contribution in [0.1, 0.15) is 46.3 Å². The van der Waals surface area contributed by atoms with Crippen molar-refractivity contribution in [2.45, 2.75) is 52.2 Å². The molecule has 0 fully saturated rings. The summed E-state index contributed by atoms with van der Waals surface area (Å²) in [6.07, 6.45) is 0.315. The summed E-state index contributed by atoms with van der Waals surface area (Å²) in [5, 5.41) is 14.2. The first-order chi connectivity index (χ1) is 9.27. The lowest BCUT2D eigenvalue weighted by Crippen LogP contribution is -2.35. The van der Waals surface area contributed by atoms with E-state index in [1.807, 2.05) is 27.7 Å². The normalized spacial score (nSPS) is 20.2. The minimum Gasteiger partial charge on any atom is -0.369 e. The molecule has 0 radical (unpaired) electrons. The Morgan fingerprint density at radius 2 is 2.15 bits per heavy atom. The minimum absolute atomic E-state index is 0.0830. The minimum atomic E-state index is -1.06. The van der Waals surface area contributed by atoms with E-state index in [2.05, 4.69) is 5.16 Å². The Balaban J connectivity index is 2.32. The van der Waals surface area contributed by atoms with Gasteiger partial charge in [-0.1, -0.05) is 50.9 Å². The van der Waals surface area contributed by atoms with Crippen molar-refractivity contribution in [1.82, 2.24) is 5.16 Å². The topological polar surface area (TPSA) is 66.6 Å². The van der Waals surface area contributed by atoms with Gasteiger partial charge in [-0.3, -0.25) is 9.69 Å². The van der Waals surface area contributed by atoms with Crippen LogP contribution in [0, 0.1) is 0 Å². The molecular weight excluding hydrogens is 280 g/mol. The summed E-state index contributed by atoms with van der Waals surface area (Å²) >= 11 is 6.01. The Kier molecular flexibility index (Phi) is 3.93. The van der Waals surface area contributed by atoms with Crippen molar-refractivity contribution in [3.63, 3.8) is 0 Å². The lowest BCUT2D eigenvalue weighted by Gasteiger charge is -2.19. The van der Waals surface area contributed by atoms with E-state index in [0.717, 1.165) is 6.42 Å². The summed E-state index contributed by atoms with van der Waals surface area (Å²) in [6.45, 7) is 7.90. The first-order valence-corrected chi connectivity index (χ1v) is 7.02. The molecule has 0 aliphatic carbocycles. The van der Waals surface area contributed by atoms with Crippen LogP contribution in [0.15, 0.2) is 21.2 Å². The predicted octanol–water partition coefficient (Wildman–Crippen LogP) is 2.93. The van der Waals surface area contributed by atoms with Gasteiger partial charge >= 0.3 is 0 Å². The van der Waals surface area contributed by atoms with Crippen molar-refractivity contribution in [2.75, 3.05) is 4.90 Å². The van der Waals surface area contributed by atoms with Crippen molar-refractivity contribution in [3.8, 4) is 0 Å². The highest BCUT2D eigenvalue weighted by atomic mass is 35.5. The fraction of sp³-hybridized carbons (Fsp3) is 0.571. The molecule has 0 spiro atoms. The second kappa shape index (κ2) is 5.22. The predicted molar refractivity (Wildman–Crippen MR) is 76.5 cm³/mol. The molecule has 6 heteroatoms. The lowest BCUT2D eigenvalue weighted by atomic mass is 9.93. The third-order valence-electron chi connectivity index (χ3n) is 3.25. The smallest absolute Gasteiger partial charge is 0.273 e. The summed E-state index contributed by atoms with van der Waals surface area (Å²) < 4.78 is 5.25. The highest BCUT2D eigenvalue weighted by molar-refractivity contribution is 6.45. The lowest BCUT2D eigenvalue weighted by molar-refractivity contribution is -0.115. The van der Waals surface area contributed by atoms with Gasteiger partial charge in [0.05, 0.1) is 0 Å². The van der Waals surface area contributed by atoms with Gasteiger partial charge in [-0.2, -0.15) is 0 Å². The number of anilines is 1. The monoisotopic (exact) mass is 298 g/mol. The number of aliphatic hydroxyl groups excluding tert-OH is 1. The molecule has 1 amide bonds.